The molecule has 0 aliphatic rings. The zero-order valence-corrected chi connectivity index (χ0v) is 12.2. The van der Waals surface area contributed by atoms with Gasteiger partial charge in [0.05, 0.1) is 5.84 Å². The highest BCUT2D eigenvalue weighted by Gasteiger charge is 2.17. The maximum atomic E-state index is 11.4. The van der Waals surface area contributed by atoms with Crippen LogP contribution in [-0.4, -0.2) is 20.6 Å². The Morgan fingerprint density at radius 3 is 2.71 bits per heavy atom. The standard InChI is InChI=1S/C13H15N5O2S/c1-18-13(16-11(19)12(20)17-18)21-9(7-10(14)15)8-5-3-2-4-6-8/h2-6,9H,7H2,1H3,(H3,14,15)(H,17,20). The summed E-state index contributed by atoms with van der Waals surface area (Å²) < 4.78 is 1.39. The van der Waals surface area contributed by atoms with Gasteiger partial charge >= 0.3 is 11.1 Å². The molecule has 1 unspecified atom stereocenters. The van der Waals surface area contributed by atoms with Crippen molar-refractivity contribution < 1.29 is 0 Å². The number of nitrogens with zero attached hydrogens (tertiary/aromatic N) is 2. The van der Waals surface area contributed by atoms with Crippen molar-refractivity contribution in [2.75, 3.05) is 0 Å². The van der Waals surface area contributed by atoms with Gasteiger partial charge < -0.3 is 5.73 Å². The average Bonchev–Trinajstić information content (AvgIpc) is 2.44. The quantitative estimate of drug-likeness (QED) is 0.324. The van der Waals surface area contributed by atoms with Gasteiger partial charge in [0.15, 0.2) is 5.16 Å². The van der Waals surface area contributed by atoms with Crippen LogP contribution in [0.25, 0.3) is 0 Å². The second kappa shape index (κ2) is 6.40. The molecule has 0 radical (unpaired) electrons. The lowest BCUT2D eigenvalue weighted by atomic mass is 10.1. The Labute approximate surface area is 124 Å². The summed E-state index contributed by atoms with van der Waals surface area (Å²) in [6.07, 6.45) is 0.323. The molecule has 0 saturated heterocycles. The van der Waals surface area contributed by atoms with Gasteiger partial charge in [-0.1, -0.05) is 42.1 Å². The van der Waals surface area contributed by atoms with Crippen LogP contribution >= 0.6 is 11.8 Å². The molecule has 21 heavy (non-hydrogen) atoms. The van der Waals surface area contributed by atoms with Crippen LogP contribution in [0.1, 0.15) is 17.2 Å². The monoisotopic (exact) mass is 305 g/mol. The number of aromatic nitrogens is 3. The van der Waals surface area contributed by atoms with Crippen molar-refractivity contribution in [3.8, 4) is 0 Å². The van der Waals surface area contributed by atoms with Gasteiger partial charge in [-0.15, -0.1) is 0 Å². The van der Waals surface area contributed by atoms with E-state index in [9.17, 15) is 9.59 Å². The summed E-state index contributed by atoms with van der Waals surface area (Å²) in [6, 6.07) is 9.52. The number of nitrogens with two attached hydrogens (primary N) is 1. The van der Waals surface area contributed by atoms with E-state index >= 15 is 0 Å². The predicted octanol–water partition coefficient (Wildman–Crippen LogP) is 0.628. The van der Waals surface area contributed by atoms with Gasteiger partial charge in [0.25, 0.3) is 0 Å². The van der Waals surface area contributed by atoms with Crippen LogP contribution in [-0.2, 0) is 7.05 Å². The summed E-state index contributed by atoms with van der Waals surface area (Å²) in [7, 11) is 1.60. The van der Waals surface area contributed by atoms with Crippen LogP contribution in [0.2, 0.25) is 0 Å². The molecule has 0 fully saturated rings. The molecule has 4 N–H and O–H groups in total. The van der Waals surface area contributed by atoms with Gasteiger partial charge in [-0.05, 0) is 5.56 Å². The molecule has 0 aliphatic heterocycles. The number of benzene rings is 1. The summed E-state index contributed by atoms with van der Waals surface area (Å²) in [5, 5.41) is 10.1. The number of amidine groups is 1. The van der Waals surface area contributed by atoms with Gasteiger partial charge in [0, 0.05) is 18.7 Å². The molecule has 0 saturated carbocycles. The van der Waals surface area contributed by atoms with E-state index in [1.165, 1.54) is 16.4 Å². The summed E-state index contributed by atoms with van der Waals surface area (Å²) in [4.78, 5) is 26.4. The lowest BCUT2D eigenvalue weighted by Crippen LogP contribution is -2.34. The van der Waals surface area contributed by atoms with Crippen molar-refractivity contribution >= 4 is 17.6 Å². The van der Waals surface area contributed by atoms with Gasteiger partial charge in [-0.2, -0.15) is 4.98 Å². The molecule has 0 spiro atoms. The number of hydrogen-bond acceptors (Lipinski definition) is 5. The first-order chi connectivity index (χ1) is 9.97. The Morgan fingerprint density at radius 2 is 2.10 bits per heavy atom. The van der Waals surface area contributed by atoms with E-state index in [0.29, 0.717) is 11.6 Å². The fourth-order valence-electron chi connectivity index (χ4n) is 1.79. The first-order valence-corrected chi connectivity index (χ1v) is 7.07. The molecule has 2 aromatic rings. The number of aryl methyl sites for hydroxylation is 1. The minimum atomic E-state index is -0.828. The number of rotatable bonds is 5. The van der Waals surface area contributed by atoms with E-state index in [0.717, 1.165) is 5.56 Å². The van der Waals surface area contributed by atoms with Crippen molar-refractivity contribution in [3.63, 3.8) is 0 Å². The second-order valence-corrected chi connectivity index (χ2v) is 5.62. The number of hydrogen-bond donors (Lipinski definition) is 3. The van der Waals surface area contributed by atoms with E-state index in [4.69, 9.17) is 11.1 Å². The molecule has 2 rings (SSSR count). The number of nitrogens with one attached hydrogen (secondary N) is 2. The summed E-state index contributed by atoms with van der Waals surface area (Å²) in [5.74, 6) is 0.0470. The lowest BCUT2D eigenvalue weighted by molar-refractivity contribution is 0.595. The van der Waals surface area contributed by atoms with Crippen molar-refractivity contribution in [2.45, 2.75) is 16.8 Å². The van der Waals surface area contributed by atoms with E-state index < -0.39 is 11.1 Å². The Hall–Kier alpha value is -2.35. The lowest BCUT2D eigenvalue weighted by Gasteiger charge is -2.16. The van der Waals surface area contributed by atoms with Crippen LogP contribution in [0.4, 0.5) is 0 Å². The molecule has 0 bridgehead atoms. The van der Waals surface area contributed by atoms with Gasteiger partial charge in [0.1, 0.15) is 0 Å². The predicted molar refractivity (Wildman–Crippen MR) is 81.7 cm³/mol. The first kappa shape index (κ1) is 15.0. The molecule has 0 aliphatic carbocycles. The van der Waals surface area contributed by atoms with Crippen LogP contribution in [0, 0.1) is 5.41 Å². The molecule has 1 aromatic carbocycles. The average molecular weight is 305 g/mol. The summed E-state index contributed by atoms with van der Waals surface area (Å²) >= 11 is 1.28. The molecule has 1 atom stereocenters. The molecule has 0 amide bonds. The van der Waals surface area contributed by atoms with Gasteiger partial charge in [0.2, 0.25) is 0 Å². The molecule has 7 nitrogen and oxygen atoms in total. The Morgan fingerprint density at radius 1 is 1.43 bits per heavy atom. The van der Waals surface area contributed by atoms with Gasteiger partial charge in [-0.25, -0.2) is 0 Å². The highest BCUT2D eigenvalue weighted by molar-refractivity contribution is 7.99. The summed E-state index contributed by atoms with van der Waals surface area (Å²) in [6.45, 7) is 0. The largest absolute Gasteiger partial charge is 0.388 e. The maximum Gasteiger partial charge on any atom is 0.339 e. The third kappa shape index (κ3) is 3.82. The molecular formula is C13H15N5O2S. The Kier molecular flexibility index (Phi) is 4.59. The highest BCUT2D eigenvalue weighted by atomic mass is 32.2. The zero-order valence-electron chi connectivity index (χ0n) is 11.4. The van der Waals surface area contributed by atoms with Gasteiger partial charge in [-0.3, -0.25) is 24.8 Å². The third-order valence-corrected chi connectivity index (χ3v) is 4.07. The number of aromatic amines is 1. The fraction of sp³-hybridized carbons (Fsp3) is 0.231. The molecular weight excluding hydrogens is 290 g/mol. The number of thioether (sulfide) groups is 1. The van der Waals surface area contributed by atoms with E-state index in [2.05, 4.69) is 10.1 Å². The minimum absolute atomic E-state index is 0.0470. The van der Waals surface area contributed by atoms with Crippen molar-refractivity contribution in [1.29, 1.82) is 5.41 Å². The van der Waals surface area contributed by atoms with Crippen LogP contribution < -0.4 is 16.9 Å². The van der Waals surface area contributed by atoms with Crippen LogP contribution in [0.15, 0.2) is 45.1 Å². The molecule has 1 heterocycles. The Bertz CT molecular complexity index is 753. The first-order valence-electron chi connectivity index (χ1n) is 6.19. The third-order valence-electron chi connectivity index (χ3n) is 2.77. The normalized spacial score (nSPS) is 12.0. The summed E-state index contributed by atoms with van der Waals surface area (Å²) in [5.41, 5.74) is 4.88. The highest BCUT2D eigenvalue weighted by Crippen LogP contribution is 2.35. The smallest absolute Gasteiger partial charge is 0.339 e. The van der Waals surface area contributed by atoms with Crippen molar-refractivity contribution in [2.24, 2.45) is 12.8 Å². The van der Waals surface area contributed by atoms with Crippen molar-refractivity contribution in [3.05, 3.63) is 56.6 Å². The topological polar surface area (TPSA) is 118 Å². The Balaban J connectivity index is 2.36. The second-order valence-electron chi connectivity index (χ2n) is 4.45. The zero-order chi connectivity index (χ0) is 15.4. The van der Waals surface area contributed by atoms with E-state index in [-0.39, 0.29) is 11.1 Å². The van der Waals surface area contributed by atoms with E-state index in [1.54, 1.807) is 7.05 Å². The minimum Gasteiger partial charge on any atom is -0.388 e. The number of H-pyrrole nitrogens is 1. The molecule has 110 valence electrons. The molecule has 8 heteroatoms. The van der Waals surface area contributed by atoms with Crippen LogP contribution in [0.5, 0.6) is 0 Å². The van der Waals surface area contributed by atoms with Crippen molar-refractivity contribution in [1.82, 2.24) is 14.8 Å². The molecule has 1 aromatic heterocycles. The van der Waals surface area contributed by atoms with Crippen LogP contribution in [0.3, 0.4) is 0 Å². The maximum absolute atomic E-state index is 11.4. The SMILES string of the molecule is Cn1[nH]c(=O)c(=O)nc1SC(CC(=N)N)c1ccccc1. The fourth-order valence-corrected chi connectivity index (χ4v) is 2.94. The van der Waals surface area contributed by atoms with E-state index in [1.807, 2.05) is 30.3 Å².